The minimum absolute atomic E-state index is 0.210. The Morgan fingerprint density at radius 3 is 2.70 bits per heavy atom. The molecule has 152 valence electrons. The zero-order chi connectivity index (χ0) is 20.8. The van der Waals surface area contributed by atoms with Crippen LogP contribution in [0.5, 0.6) is 11.5 Å². The number of hydrogen-bond acceptors (Lipinski definition) is 5. The molecule has 0 saturated heterocycles. The van der Waals surface area contributed by atoms with E-state index in [2.05, 4.69) is 16.1 Å². The smallest absolute Gasteiger partial charge is 0.186 e. The number of rotatable bonds is 3. The lowest BCUT2D eigenvalue weighted by Gasteiger charge is -2.18. The first kappa shape index (κ1) is 19.1. The molecule has 1 aliphatic rings. The molecule has 0 aliphatic carbocycles. The average Bonchev–Trinajstić information content (AvgIpc) is 3.30. The van der Waals surface area contributed by atoms with Gasteiger partial charge in [0.05, 0.1) is 15.5 Å². The van der Waals surface area contributed by atoms with E-state index in [-0.39, 0.29) is 16.4 Å². The molecule has 0 fully saturated rings. The van der Waals surface area contributed by atoms with Crippen molar-refractivity contribution in [2.75, 3.05) is 13.2 Å². The Morgan fingerprint density at radius 1 is 1.10 bits per heavy atom. The van der Waals surface area contributed by atoms with Crippen molar-refractivity contribution in [1.29, 1.82) is 0 Å². The van der Waals surface area contributed by atoms with Gasteiger partial charge in [0.25, 0.3) is 0 Å². The van der Waals surface area contributed by atoms with E-state index in [0.717, 1.165) is 32.4 Å². The molecule has 0 unspecified atom stereocenters. The Morgan fingerprint density at radius 2 is 1.90 bits per heavy atom. The zero-order valence-corrected chi connectivity index (χ0v) is 17.9. The number of nitrogens with zero attached hydrogens (tertiary/aromatic N) is 3. The molecular formula is C22H17ClFN3O2S. The first-order valence-electron chi connectivity index (χ1n) is 9.37. The van der Waals surface area contributed by atoms with Crippen LogP contribution in [0.1, 0.15) is 5.56 Å². The Labute approximate surface area is 181 Å². The Balaban J connectivity index is 1.55. The number of aromatic nitrogens is 3. The Kier molecular flexibility index (Phi) is 4.72. The Bertz CT molecular complexity index is 1250. The van der Waals surface area contributed by atoms with Crippen LogP contribution in [0, 0.1) is 12.7 Å². The first-order valence-corrected chi connectivity index (χ1v) is 10.6. The molecule has 8 heteroatoms. The molecule has 4 aromatic rings. The van der Waals surface area contributed by atoms with Crippen molar-refractivity contribution < 1.29 is 13.9 Å². The van der Waals surface area contributed by atoms with Crippen LogP contribution in [0.3, 0.4) is 0 Å². The van der Waals surface area contributed by atoms with Gasteiger partial charge in [-0.15, -0.1) is 11.3 Å². The van der Waals surface area contributed by atoms with Crippen LogP contribution in [0.15, 0.2) is 42.5 Å². The largest absolute Gasteiger partial charge is 0.486 e. The highest BCUT2D eigenvalue weighted by Crippen LogP contribution is 2.41. The molecule has 0 radical (unpaired) electrons. The molecule has 1 aliphatic heterocycles. The van der Waals surface area contributed by atoms with E-state index in [9.17, 15) is 4.39 Å². The normalized spacial score (nSPS) is 12.9. The van der Waals surface area contributed by atoms with Gasteiger partial charge in [0.1, 0.15) is 19.0 Å². The summed E-state index contributed by atoms with van der Waals surface area (Å²) < 4.78 is 27.3. The zero-order valence-electron chi connectivity index (χ0n) is 16.3. The highest BCUT2D eigenvalue weighted by Gasteiger charge is 2.21. The van der Waals surface area contributed by atoms with E-state index in [1.54, 1.807) is 35.2 Å². The molecule has 0 amide bonds. The molecule has 2 aromatic carbocycles. The molecule has 0 N–H and O–H groups in total. The van der Waals surface area contributed by atoms with Gasteiger partial charge >= 0.3 is 0 Å². The van der Waals surface area contributed by atoms with Crippen molar-refractivity contribution in [3.8, 4) is 44.0 Å². The quantitative estimate of drug-likeness (QED) is 0.406. The van der Waals surface area contributed by atoms with Crippen molar-refractivity contribution >= 4 is 22.9 Å². The second-order valence-corrected chi connectivity index (χ2v) is 8.42. The topological polar surface area (TPSA) is 49.2 Å². The van der Waals surface area contributed by atoms with Crippen LogP contribution >= 0.6 is 22.9 Å². The predicted molar refractivity (Wildman–Crippen MR) is 116 cm³/mol. The second-order valence-electron chi connectivity index (χ2n) is 6.96. The van der Waals surface area contributed by atoms with Gasteiger partial charge in [-0.3, -0.25) is 0 Å². The van der Waals surface area contributed by atoms with Gasteiger partial charge in [-0.1, -0.05) is 17.7 Å². The monoisotopic (exact) mass is 441 g/mol. The molecule has 0 bridgehead atoms. The fraction of sp³-hybridized carbons (Fsp3) is 0.182. The average molecular weight is 442 g/mol. The van der Waals surface area contributed by atoms with Crippen molar-refractivity contribution in [1.82, 2.24) is 14.8 Å². The van der Waals surface area contributed by atoms with Crippen LogP contribution in [0.25, 0.3) is 32.5 Å². The summed E-state index contributed by atoms with van der Waals surface area (Å²) in [5, 5.41) is 4.70. The van der Waals surface area contributed by atoms with E-state index >= 15 is 0 Å². The number of ether oxygens (including phenoxy) is 2. The summed E-state index contributed by atoms with van der Waals surface area (Å²) in [5.74, 6) is 2.00. The van der Waals surface area contributed by atoms with Crippen molar-refractivity contribution in [2.24, 2.45) is 7.05 Å². The van der Waals surface area contributed by atoms with Gasteiger partial charge in [-0.05, 0) is 54.4 Å². The standard InChI is InChI=1S/C22H17ClFN3O2S/c1-12-10-18(13-6-7-16-17(11-13)29-9-8-28-16)30-20(12)22-25-21(26-27(22)2)19-14(23)4-3-5-15(19)24/h3-7,10-11H,8-9H2,1-2H3. The van der Waals surface area contributed by atoms with E-state index in [1.807, 2.05) is 25.1 Å². The summed E-state index contributed by atoms with van der Waals surface area (Å²) in [6, 6.07) is 12.6. The summed E-state index contributed by atoms with van der Waals surface area (Å²) in [4.78, 5) is 6.65. The van der Waals surface area contributed by atoms with Gasteiger partial charge in [0.15, 0.2) is 23.1 Å². The number of fused-ring (bicyclic) bond motifs is 1. The predicted octanol–water partition coefficient (Wildman–Crippen LogP) is 5.75. The minimum Gasteiger partial charge on any atom is -0.486 e. The van der Waals surface area contributed by atoms with Crippen LogP contribution < -0.4 is 9.47 Å². The first-order chi connectivity index (χ1) is 14.5. The van der Waals surface area contributed by atoms with Crippen LogP contribution in [-0.4, -0.2) is 28.0 Å². The van der Waals surface area contributed by atoms with Crippen molar-refractivity contribution in [3.63, 3.8) is 0 Å². The Hall–Kier alpha value is -2.90. The lowest BCUT2D eigenvalue weighted by Crippen LogP contribution is -2.15. The summed E-state index contributed by atoms with van der Waals surface area (Å²) in [6.45, 7) is 3.14. The molecule has 5 rings (SSSR count). The fourth-order valence-corrected chi connectivity index (χ4v) is 4.88. The van der Waals surface area contributed by atoms with E-state index in [4.69, 9.17) is 21.1 Å². The molecular weight excluding hydrogens is 425 g/mol. The van der Waals surface area contributed by atoms with Crippen molar-refractivity contribution in [2.45, 2.75) is 6.92 Å². The molecule has 0 atom stereocenters. The number of halogens is 2. The van der Waals surface area contributed by atoms with Gasteiger partial charge in [-0.2, -0.15) is 5.10 Å². The number of thiophene rings is 1. The van der Waals surface area contributed by atoms with Gasteiger partial charge in [0.2, 0.25) is 0 Å². The van der Waals surface area contributed by atoms with Gasteiger partial charge in [-0.25, -0.2) is 14.1 Å². The third kappa shape index (κ3) is 3.24. The van der Waals surface area contributed by atoms with E-state index < -0.39 is 5.82 Å². The maximum atomic E-state index is 14.3. The van der Waals surface area contributed by atoms with E-state index in [0.29, 0.717) is 19.0 Å². The van der Waals surface area contributed by atoms with Gasteiger partial charge in [0, 0.05) is 11.9 Å². The summed E-state index contributed by atoms with van der Waals surface area (Å²) in [5.41, 5.74) is 2.31. The van der Waals surface area contributed by atoms with Gasteiger partial charge < -0.3 is 9.47 Å². The highest BCUT2D eigenvalue weighted by molar-refractivity contribution is 7.19. The van der Waals surface area contributed by atoms with Crippen LogP contribution in [0.4, 0.5) is 4.39 Å². The van der Waals surface area contributed by atoms with Crippen LogP contribution in [0.2, 0.25) is 5.02 Å². The lowest BCUT2D eigenvalue weighted by atomic mass is 10.1. The maximum Gasteiger partial charge on any atom is 0.186 e. The summed E-state index contributed by atoms with van der Waals surface area (Å²) in [7, 11) is 1.80. The summed E-state index contributed by atoms with van der Waals surface area (Å²) >= 11 is 7.80. The molecule has 5 nitrogen and oxygen atoms in total. The third-order valence-electron chi connectivity index (χ3n) is 4.90. The van der Waals surface area contributed by atoms with E-state index in [1.165, 1.54) is 6.07 Å². The van der Waals surface area contributed by atoms with Crippen LogP contribution in [-0.2, 0) is 7.05 Å². The van der Waals surface area contributed by atoms with Crippen molar-refractivity contribution in [3.05, 3.63) is 58.9 Å². The maximum absolute atomic E-state index is 14.3. The minimum atomic E-state index is -0.445. The fourth-order valence-electron chi connectivity index (χ4n) is 3.44. The molecule has 2 aromatic heterocycles. The number of benzene rings is 2. The number of aryl methyl sites for hydroxylation is 2. The highest BCUT2D eigenvalue weighted by atomic mass is 35.5. The number of hydrogen-bond donors (Lipinski definition) is 0. The summed E-state index contributed by atoms with van der Waals surface area (Å²) in [6.07, 6.45) is 0. The molecule has 3 heterocycles. The molecule has 0 saturated carbocycles. The molecule has 30 heavy (non-hydrogen) atoms. The third-order valence-corrected chi connectivity index (χ3v) is 6.49. The molecule has 0 spiro atoms. The lowest BCUT2D eigenvalue weighted by molar-refractivity contribution is 0.171. The second kappa shape index (κ2) is 7.41. The SMILES string of the molecule is Cc1cc(-c2ccc3c(c2)OCCO3)sc1-c1nc(-c2c(F)cccc2Cl)nn1C.